The Hall–Kier alpha value is -1.23. The number of fused-ring (bicyclic) bond motifs is 1. The lowest BCUT2D eigenvalue weighted by molar-refractivity contribution is 0.0690. The molecule has 16 heavy (non-hydrogen) atoms. The zero-order chi connectivity index (χ0) is 11.9. The summed E-state index contributed by atoms with van der Waals surface area (Å²) >= 11 is 3.10. The van der Waals surface area contributed by atoms with Crippen molar-refractivity contribution in [1.29, 1.82) is 0 Å². The number of carbonyl (C=O) groups is 2. The third-order valence-corrected chi connectivity index (χ3v) is 3.28. The molecule has 0 aromatic heterocycles. The van der Waals surface area contributed by atoms with E-state index in [1.165, 1.54) is 0 Å². The molecule has 0 saturated heterocycles. The number of hydrogen-bond acceptors (Lipinski definition) is 2. The largest absolute Gasteiger partial charge is 0.478 e. The molecule has 0 fully saturated rings. The predicted octanol–water partition coefficient (Wildman–Crippen LogP) is 2.81. The van der Waals surface area contributed by atoms with E-state index in [9.17, 15) is 14.0 Å². The summed E-state index contributed by atoms with van der Waals surface area (Å²) in [5.41, 5.74) is 0.270. The van der Waals surface area contributed by atoms with E-state index in [1.54, 1.807) is 0 Å². The number of aromatic carboxylic acids is 1. The number of carboxylic acid groups (broad SMARTS) is 1. The molecule has 1 aromatic rings. The van der Waals surface area contributed by atoms with E-state index in [-0.39, 0.29) is 11.3 Å². The van der Waals surface area contributed by atoms with E-state index in [2.05, 4.69) is 15.9 Å². The number of Topliss-reactive ketones (excluding diaryl/α,β-unsaturated/α-hetero) is 1. The second kappa shape index (κ2) is 3.97. The van der Waals surface area contributed by atoms with Crippen molar-refractivity contribution in [3.63, 3.8) is 0 Å². The zero-order valence-corrected chi connectivity index (χ0v) is 9.80. The molecule has 1 N–H and O–H groups in total. The van der Waals surface area contributed by atoms with Crippen LogP contribution in [0.2, 0.25) is 0 Å². The first-order chi connectivity index (χ1) is 7.52. The molecule has 3 nitrogen and oxygen atoms in total. The maximum Gasteiger partial charge on any atom is 0.338 e. The van der Waals surface area contributed by atoms with E-state index in [1.807, 2.05) is 0 Å². The van der Waals surface area contributed by atoms with Gasteiger partial charge in [0.15, 0.2) is 5.78 Å². The normalized spacial score (nSPS) is 14.8. The molecule has 84 valence electrons. The fraction of sp³-hybridized carbons (Fsp3) is 0.273. The van der Waals surface area contributed by atoms with Crippen LogP contribution in [0.5, 0.6) is 0 Å². The van der Waals surface area contributed by atoms with Crippen LogP contribution in [0.15, 0.2) is 10.5 Å². The maximum atomic E-state index is 13.5. The van der Waals surface area contributed by atoms with Gasteiger partial charge in [0.05, 0.1) is 5.56 Å². The summed E-state index contributed by atoms with van der Waals surface area (Å²) in [5, 5.41) is 8.93. The Morgan fingerprint density at radius 2 is 2.12 bits per heavy atom. The second-order valence-electron chi connectivity index (χ2n) is 3.65. The zero-order valence-electron chi connectivity index (χ0n) is 8.22. The summed E-state index contributed by atoms with van der Waals surface area (Å²) in [6.07, 6.45) is 1.39. The summed E-state index contributed by atoms with van der Waals surface area (Å²) in [7, 11) is 0. The average molecular weight is 287 g/mol. The Morgan fingerprint density at radius 1 is 1.44 bits per heavy atom. The van der Waals surface area contributed by atoms with Crippen LogP contribution in [-0.4, -0.2) is 16.9 Å². The van der Waals surface area contributed by atoms with Gasteiger partial charge < -0.3 is 5.11 Å². The molecule has 0 atom stereocenters. The van der Waals surface area contributed by atoms with Crippen LogP contribution in [0.3, 0.4) is 0 Å². The van der Waals surface area contributed by atoms with Crippen LogP contribution in [0.25, 0.3) is 0 Å². The van der Waals surface area contributed by atoms with Gasteiger partial charge in [-0.2, -0.15) is 0 Å². The van der Waals surface area contributed by atoms with Crippen molar-refractivity contribution >= 4 is 27.7 Å². The Kier molecular flexibility index (Phi) is 2.80. The van der Waals surface area contributed by atoms with Crippen molar-refractivity contribution in [3.8, 4) is 0 Å². The van der Waals surface area contributed by atoms with Crippen LogP contribution >= 0.6 is 15.9 Å². The lowest BCUT2D eigenvalue weighted by Gasteiger charge is -2.18. The topological polar surface area (TPSA) is 54.4 Å². The molecule has 0 bridgehead atoms. The lowest BCUT2D eigenvalue weighted by atomic mass is 9.87. The molecule has 0 heterocycles. The van der Waals surface area contributed by atoms with E-state index in [0.29, 0.717) is 34.9 Å². The Labute approximate surface area is 99.4 Å². The SMILES string of the molecule is O=C(O)c1c(F)cc(Br)c2c1CCCC2=O. The molecular weight excluding hydrogens is 279 g/mol. The molecule has 0 aliphatic heterocycles. The first kappa shape index (κ1) is 11.3. The summed E-state index contributed by atoms with van der Waals surface area (Å²) in [4.78, 5) is 22.6. The van der Waals surface area contributed by atoms with Crippen LogP contribution in [0, 0.1) is 5.82 Å². The van der Waals surface area contributed by atoms with Crippen LogP contribution < -0.4 is 0 Å². The van der Waals surface area contributed by atoms with Gasteiger partial charge in [0.25, 0.3) is 0 Å². The number of halogens is 2. The van der Waals surface area contributed by atoms with Gasteiger partial charge in [0, 0.05) is 16.5 Å². The van der Waals surface area contributed by atoms with Gasteiger partial charge in [-0.1, -0.05) is 0 Å². The first-order valence-corrected chi connectivity index (χ1v) is 5.59. The highest BCUT2D eigenvalue weighted by molar-refractivity contribution is 9.10. The highest BCUT2D eigenvalue weighted by atomic mass is 79.9. The van der Waals surface area contributed by atoms with Gasteiger partial charge in [-0.05, 0) is 40.4 Å². The van der Waals surface area contributed by atoms with Crippen molar-refractivity contribution in [2.75, 3.05) is 0 Å². The number of rotatable bonds is 1. The quantitative estimate of drug-likeness (QED) is 0.864. The van der Waals surface area contributed by atoms with Crippen LogP contribution in [0.1, 0.15) is 39.1 Å². The number of benzene rings is 1. The lowest BCUT2D eigenvalue weighted by Crippen LogP contribution is -2.17. The number of carboxylic acids is 1. The molecule has 0 radical (unpaired) electrons. The molecule has 0 saturated carbocycles. The van der Waals surface area contributed by atoms with E-state index >= 15 is 0 Å². The molecule has 1 aromatic carbocycles. The van der Waals surface area contributed by atoms with Crippen molar-refractivity contribution < 1.29 is 19.1 Å². The molecule has 0 amide bonds. The summed E-state index contributed by atoms with van der Waals surface area (Å²) < 4.78 is 13.8. The van der Waals surface area contributed by atoms with Gasteiger partial charge in [-0.3, -0.25) is 4.79 Å². The standard InChI is InChI=1S/C11H8BrFO3/c12-6-4-7(13)10(11(15)16)5-2-1-3-8(14)9(5)6/h4H,1-3H2,(H,15,16). The number of hydrogen-bond donors (Lipinski definition) is 1. The van der Waals surface area contributed by atoms with Gasteiger partial charge >= 0.3 is 5.97 Å². The smallest absolute Gasteiger partial charge is 0.338 e. The summed E-state index contributed by atoms with van der Waals surface area (Å²) in [6, 6.07) is 1.05. The van der Waals surface area contributed by atoms with Gasteiger partial charge in [-0.15, -0.1) is 0 Å². The second-order valence-corrected chi connectivity index (χ2v) is 4.50. The van der Waals surface area contributed by atoms with Crippen molar-refractivity contribution in [2.45, 2.75) is 19.3 Å². The van der Waals surface area contributed by atoms with Crippen molar-refractivity contribution in [2.24, 2.45) is 0 Å². The minimum absolute atomic E-state index is 0.129. The predicted molar refractivity (Wildman–Crippen MR) is 58.3 cm³/mol. The molecule has 0 spiro atoms. The summed E-state index contributed by atoms with van der Waals surface area (Å²) in [5.74, 6) is -2.25. The summed E-state index contributed by atoms with van der Waals surface area (Å²) in [6.45, 7) is 0. The monoisotopic (exact) mass is 286 g/mol. The van der Waals surface area contributed by atoms with E-state index in [0.717, 1.165) is 6.07 Å². The average Bonchev–Trinajstić information content (AvgIpc) is 2.15. The Balaban J connectivity index is 2.77. The van der Waals surface area contributed by atoms with Gasteiger partial charge in [0.2, 0.25) is 0 Å². The Bertz CT molecular complexity index is 476. The maximum absolute atomic E-state index is 13.5. The fourth-order valence-electron chi connectivity index (χ4n) is 2.00. The van der Waals surface area contributed by atoms with Crippen molar-refractivity contribution in [1.82, 2.24) is 0 Å². The number of ketones is 1. The minimum Gasteiger partial charge on any atom is -0.478 e. The molecule has 2 rings (SSSR count). The molecule has 0 unspecified atom stereocenters. The number of carbonyl (C=O) groups excluding carboxylic acids is 1. The van der Waals surface area contributed by atoms with Gasteiger partial charge in [-0.25, -0.2) is 9.18 Å². The van der Waals surface area contributed by atoms with Crippen molar-refractivity contribution in [3.05, 3.63) is 33.0 Å². The fourth-order valence-corrected chi connectivity index (χ4v) is 2.66. The molecule has 1 aliphatic rings. The van der Waals surface area contributed by atoms with Crippen LogP contribution in [-0.2, 0) is 6.42 Å². The minimum atomic E-state index is -1.32. The molecular formula is C11H8BrFO3. The van der Waals surface area contributed by atoms with E-state index < -0.39 is 11.8 Å². The highest BCUT2D eigenvalue weighted by Gasteiger charge is 2.28. The van der Waals surface area contributed by atoms with Gasteiger partial charge in [0.1, 0.15) is 5.82 Å². The Morgan fingerprint density at radius 3 is 2.75 bits per heavy atom. The third-order valence-electron chi connectivity index (χ3n) is 2.66. The van der Waals surface area contributed by atoms with Crippen LogP contribution in [0.4, 0.5) is 4.39 Å². The highest BCUT2D eigenvalue weighted by Crippen LogP contribution is 2.32. The third kappa shape index (κ3) is 1.65. The molecule has 1 aliphatic carbocycles. The first-order valence-electron chi connectivity index (χ1n) is 4.79. The van der Waals surface area contributed by atoms with E-state index in [4.69, 9.17) is 5.11 Å². The molecule has 5 heteroatoms.